The third kappa shape index (κ3) is 2.79. The molecule has 0 aliphatic rings. The Bertz CT molecular complexity index is 598. The predicted molar refractivity (Wildman–Crippen MR) is 69.4 cm³/mol. The number of carbonyl (C=O) groups excluding carboxylic acids is 1. The number of benzene rings is 1. The number of ether oxygens (including phenoxy) is 2. The molecule has 106 valence electrons. The van der Waals surface area contributed by atoms with Crippen LogP contribution >= 0.6 is 0 Å². The van der Waals surface area contributed by atoms with E-state index in [4.69, 9.17) is 15.2 Å². The van der Waals surface area contributed by atoms with Gasteiger partial charge in [0.2, 0.25) is 6.39 Å². The summed E-state index contributed by atoms with van der Waals surface area (Å²) in [6.07, 6.45) is 1.19. The van der Waals surface area contributed by atoms with Crippen molar-refractivity contribution in [3.05, 3.63) is 29.9 Å². The fourth-order valence-electron chi connectivity index (χ4n) is 1.62. The first-order chi connectivity index (χ1) is 9.65. The van der Waals surface area contributed by atoms with E-state index in [9.17, 15) is 4.79 Å². The SMILES string of the molecule is COc1cc(N)c(C(=O)NCc2ncon2)cc1OC. The molecular weight excluding hydrogens is 264 g/mol. The number of rotatable bonds is 5. The van der Waals surface area contributed by atoms with Crippen molar-refractivity contribution in [2.75, 3.05) is 20.0 Å². The smallest absolute Gasteiger partial charge is 0.253 e. The zero-order chi connectivity index (χ0) is 14.5. The molecule has 8 heteroatoms. The molecule has 0 fully saturated rings. The van der Waals surface area contributed by atoms with Gasteiger partial charge in [-0.25, -0.2) is 0 Å². The van der Waals surface area contributed by atoms with Crippen molar-refractivity contribution in [2.45, 2.75) is 6.54 Å². The van der Waals surface area contributed by atoms with Gasteiger partial charge in [-0.1, -0.05) is 5.16 Å². The molecule has 1 heterocycles. The standard InChI is InChI=1S/C12H14N4O4/c1-18-9-3-7(8(13)4-10(9)19-2)12(17)14-5-11-15-6-20-16-11/h3-4,6H,5,13H2,1-2H3,(H,14,17). The molecule has 2 rings (SSSR count). The van der Waals surface area contributed by atoms with E-state index in [1.807, 2.05) is 0 Å². The van der Waals surface area contributed by atoms with Crippen molar-refractivity contribution in [2.24, 2.45) is 0 Å². The fraction of sp³-hybridized carbons (Fsp3) is 0.250. The molecular formula is C12H14N4O4. The van der Waals surface area contributed by atoms with Crippen LogP contribution < -0.4 is 20.5 Å². The second-order valence-electron chi connectivity index (χ2n) is 3.82. The molecule has 0 bridgehead atoms. The molecule has 0 spiro atoms. The zero-order valence-electron chi connectivity index (χ0n) is 11.0. The summed E-state index contributed by atoms with van der Waals surface area (Å²) in [4.78, 5) is 15.9. The number of amides is 1. The summed E-state index contributed by atoms with van der Waals surface area (Å²) in [5.74, 6) is 0.886. The van der Waals surface area contributed by atoms with E-state index in [0.29, 0.717) is 17.3 Å². The number of nitrogens with zero attached hydrogens (tertiary/aromatic N) is 2. The van der Waals surface area contributed by atoms with Crippen molar-refractivity contribution in [3.8, 4) is 11.5 Å². The number of methoxy groups -OCH3 is 2. The topological polar surface area (TPSA) is 112 Å². The molecule has 8 nitrogen and oxygen atoms in total. The Hall–Kier alpha value is -2.77. The van der Waals surface area contributed by atoms with Gasteiger partial charge in [-0.15, -0.1) is 0 Å². The lowest BCUT2D eigenvalue weighted by Gasteiger charge is -2.12. The minimum atomic E-state index is -0.367. The van der Waals surface area contributed by atoms with Crippen LogP contribution in [0.4, 0.5) is 5.69 Å². The van der Waals surface area contributed by atoms with Crippen molar-refractivity contribution >= 4 is 11.6 Å². The number of anilines is 1. The average Bonchev–Trinajstić information content (AvgIpc) is 2.97. The van der Waals surface area contributed by atoms with Crippen LogP contribution in [0.2, 0.25) is 0 Å². The number of aromatic nitrogens is 2. The molecule has 1 aromatic heterocycles. The second kappa shape index (κ2) is 5.91. The molecule has 2 aromatic rings. The van der Waals surface area contributed by atoms with Crippen LogP contribution in [-0.2, 0) is 6.54 Å². The first-order valence-electron chi connectivity index (χ1n) is 5.70. The Morgan fingerprint density at radius 3 is 2.65 bits per heavy atom. The highest BCUT2D eigenvalue weighted by atomic mass is 16.5. The van der Waals surface area contributed by atoms with E-state index < -0.39 is 0 Å². The van der Waals surface area contributed by atoms with Gasteiger partial charge in [0.15, 0.2) is 17.3 Å². The number of nitrogens with two attached hydrogens (primary N) is 1. The highest BCUT2D eigenvalue weighted by Gasteiger charge is 2.15. The lowest BCUT2D eigenvalue weighted by atomic mass is 10.1. The second-order valence-corrected chi connectivity index (χ2v) is 3.82. The summed E-state index contributed by atoms with van der Waals surface area (Å²) in [6.45, 7) is 0.142. The summed E-state index contributed by atoms with van der Waals surface area (Å²) in [7, 11) is 2.97. The maximum absolute atomic E-state index is 12.1. The molecule has 1 amide bonds. The molecule has 0 aliphatic heterocycles. The molecule has 0 radical (unpaired) electrons. The molecule has 20 heavy (non-hydrogen) atoms. The Morgan fingerprint density at radius 1 is 1.35 bits per heavy atom. The summed E-state index contributed by atoms with van der Waals surface area (Å²) < 4.78 is 14.8. The lowest BCUT2D eigenvalue weighted by molar-refractivity contribution is 0.0950. The summed E-state index contributed by atoms with van der Waals surface area (Å²) >= 11 is 0. The molecule has 3 N–H and O–H groups in total. The first kappa shape index (κ1) is 13.7. The molecule has 0 atom stereocenters. The van der Waals surface area contributed by atoms with Crippen LogP contribution in [0.25, 0.3) is 0 Å². The van der Waals surface area contributed by atoms with E-state index in [1.54, 1.807) is 0 Å². The van der Waals surface area contributed by atoms with Gasteiger partial charge in [0, 0.05) is 11.8 Å². The minimum absolute atomic E-state index is 0.142. The Morgan fingerprint density at radius 2 is 2.05 bits per heavy atom. The van der Waals surface area contributed by atoms with E-state index in [2.05, 4.69) is 20.0 Å². The largest absolute Gasteiger partial charge is 0.493 e. The predicted octanol–water partition coefficient (Wildman–Crippen LogP) is 0.599. The van der Waals surface area contributed by atoms with Crippen molar-refractivity contribution in [1.82, 2.24) is 15.5 Å². The zero-order valence-corrected chi connectivity index (χ0v) is 11.0. The van der Waals surface area contributed by atoms with Crippen LogP contribution in [0, 0.1) is 0 Å². The highest BCUT2D eigenvalue weighted by molar-refractivity contribution is 6.00. The normalized spacial score (nSPS) is 10.1. The maximum atomic E-state index is 12.1. The number of hydrogen-bond donors (Lipinski definition) is 2. The number of carbonyl (C=O) groups is 1. The summed E-state index contributed by atoms with van der Waals surface area (Å²) in [5, 5.41) is 6.22. The van der Waals surface area contributed by atoms with Gasteiger partial charge in [-0.05, 0) is 6.07 Å². The van der Waals surface area contributed by atoms with Crippen LogP contribution in [0.15, 0.2) is 23.0 Å². The van der Waals surface area contributed by atoms with Crippen LogP contribution in [0.5, 0.6) is 11.5 Å². The quantitative estimate of drug-likeness (QED) is 0.770. The molecule has 0 saturated heterocycles. The maximum Gasteiger partial charge on any atom is 0.253 e. The summed E-state index contributed by atoms with van der Waals surface area (Å²) in [6, 6.07) is 3.04. The van der Waals surface area contributed by atoms with Crippen molar-refractivity contribution in [1.29, 1.82) is 0 Å². The Kier molecular flexibility index (Phi) is 4.04. The van der Waals surface area contributed by atoms with E-state index in [1.165, 1.54) is 32.7 Å². The van der Waals surface area contributed by atoms with Crippen molar-refractivity contribution in [3.63, 3.8) is 0 Å². The summed E-state index contributed by atoms with van der Waals surface area (Å²) in [5.41, 5.74) is 6.39. The number of nitrogen functional groups attached to an aromatic ring is 1. The third-order valence-electron chi connectivity index (χ3n) is 2.61. The number of hydrogen-bond acceptors (Lipinski definition) is 7. The van der Waals surface area contributed by atoms with E-state index in [-0.39, 0.29) is 23.7 Å². The first-order valence-corrected chi connectivity index (χ1v) is 5.70. The van der Waals surface area contributed by atoms with Gasteiger partial charge in [-0.3, -0.25) is 4.79 Å². The average molecular weight is 278 g/mol. The van der Waals surface area contributed by atoms with Gasteiger partial charge >= 0.3 is 0 Å². The van der Waals surface area contributed by atoms with Gasteiger partial charge in [-0.2, -0.15) is 4.98 Å². The van der Waals surface area contributed by atoms with Gasteiger partial charge in [0.25, 0.3) is 5.91 Å². The van der Waals surface area contributed by atoms with Gasteiger partial charge in [0.05, 0.1) is 26.3 Å². The fourth-order valence-corrected chi connectivity index (χ4v) is 1.62. The van der Waals surface area contributed by atoms with Crippen LogP contribution in [0.3, 0.4) is 0 Å². The molecule has 0 unspecified atom stereocenters. The Balaban J connectivity index is 2.16. The Labute approximate surface area is 114 Å². The highest BCUT2D eigenvalue weighted by Crippen LogP contribution is 2.31. The van der Waals surface area contributed by atoms with Crippen LogP contribution in [-0.4, -0.2) is 30.3 Å². The molecule has 1 aromatic carbocycles. The molecule has 0 saturated carbocycles. The molecule has 0 aliphatic carbocycles. The van der Waals surface area contributed by atoms with Crippen molar-refractivity contribution < 1.29 is 18.8 Å². The van der Waals surface area contributed by atoms with Gasteiger partial charge in [0.1, 0.15) is 0 Å². The van der Waals surface area contributed by atoms with E-state index >= 15 is 0 Å². The third-order valence-corrected chi connectivity index (χ3v) is 2.61. The van der Waals surface area contributed by atoms with Gasteiger partial charge < -0.3 is 25.0 Å². The number of nitrogens with one attached hydrogen (secondary N) is 1. The van der Waals surface area contributed by atoms with E-state index in [0.717, 1.165) is 0 Å². The monoisotopic (exact) mass is 278 g/mol. The lowest BCUT2D eigenvalue weighted by Crippen LogP contribution is -2.24. The van der Waals surface area contributed by atoms with Crippen LogP contribution in [0.1, 0.15) is 16.2 Å². The minimum Gasteiger partial charge on any atom is -0.493 e.